The van der Waals surface area contributed by atoms with Gasteiger partial charge in [-0.25, -0.2) is 0 Å². The van der Waals surface area contributed by atoms with Gasteiger partial charge in [0.25, 0.3) is 0 Å². The third kappa shape index (κ3) is 5.97. The maximum Gasteiger partial charge on any atom is 0.194 e. The fraction of sp³-hybridized carbons (Fsp3) is 0.348. The molecule has 0 spiro atoms. The lowest BCUT2D eigenvalue weighted by Gasteiger charge is -2.07. The van der Waals surface area contributed by atoms with Crippen LogP contribution < -0.4 is 4.74 Å². The van der Waals surface area contributed by atoms with Crippen molar-refractivity contribution in [3.05, 3.63) is 66.1 Å². The Kier molecular flexibility index (Phi) is 7.05. The summed E-state index contributed by atoms with van der Waals surface area (Å²) >= 11 is 0. The van der Waals surface area contributed by atoms with Crippen LogP contribution in [0.4, 0.5) is 0 Å². The van der Waals surface area contributed by atoms with E-state index in [2.05, 4.69) is 24.3 Å². The summed E-state index contributed by atoms with van der Waals surface area (Å²) < 4.78 is 16.8. The molecule has 0 aliphatic heterocycles. The van der Waals surface area contributed by atoms with Crippen molar-refractivity contribution in [1.29, 1.82) is 0 Å². The number of rotatable bonds is 11. The van der Waals surface area contributed by atoms with Crippen LogP contribution in [-0.4, -0.2) is 19.0 Å². The summed E-state index contributed by atoms with van der Waals surface area (Å²) in [5, 5.41) is 2.44. The van der Waals surface area contributed by atoms with Gasteiger partial charge < -0.3 is 13.9 Å². The van der Waals surface area contributed by atoms with Gasteiger partial charge in [-0.3, -0.25) is 4.79 Å². The second-order valence-electron chi connectivity index (χ2n) is 6.65. The normalized spacial score (nSPS) is 11.0. The molecule has 0 bridgehead atoms. The third-order valence-corrected chi connectivity index (χ3v) is 4.43. The Morgan fingerprint density at radius 3 is 2.44 bits per heavy atom. The highest BCUT2D eigenvalue weighted by Gasteiger charge is 2.05. The van der Waals surface area contributed by atoms with Crippen LogP contribution >= 0.6 is 0 Å². The SMILES string of the molecule is CC(=O)c1ccc(COCCCCCCOc2ccc3ccccc3c2)o1. The molecule has 2 aromatic carbocycles. The standard InChI is InChI=1S/C23H26O4/c1-18(24)23-13-12-22(27-23)17-25-14-6-2-3-7-15-26-21-11-10-19-8-4-5-9-20(19)16-21/h4-5,8-13,16H,2-3,6-7,14-15,17H2,1H3. The summed E-state index contributed by atoms with van der Waals surface area (Å²) in [5.41, 5.74) is 0. The average molecular weight is 366 g/mol. The summed E-state index contributed by atoms with van der Waals surface area (Å²) in [6, 6.07) is 18.0. The van der Waals surface area contributed by atoms with Crippen molar-refractivity contribution in [3.63, 3.8) is 0 Å². The fourth-order valence-corrected chi connectivity index (χ4v) is 2.92. The van der Waals surface area contributed by atoms with Gasteiger partial charge in [0.05, 0.1) is 6.61 Å². The molecule has 142 valence electrons. The zero-order valence-electron chi connectivity index (χ0n) is 15.8. The van der Waals surface area contributed by atoms with Crippen LogP contribution in [0.2, 0.25) is 0 Å². The van der Waals surface area contributed by atoms with Crippen molar-refractivity contribution < 1.29 is 18.7 Å². The smallest absolute Gasteiger partial charge is 0.194 e. The van der Waals surface area contributed by atoms with Crippen LogP contribution in [0.3, 0.4) is 0 Å². The fourth-order valence-electron chi connectivity index (χ4n) is 2.92. The number of ether oxygens (including phenoxy) is 2. The minimum atomic E-state index is -0.0628. The molecule has 0 amide bonds. The Morgan fingerprint density at radius 1 is 0.889 bits per heavy atom. The second kappa shape index (κ2) is 9.93. The number of unbranched alkanes of at least 4 members (excludes halogenated alkanes) is 3. The van der Waals surface area contributed by atoms with Crippen molar-refractivity contribution in [1.82, 2.24) is 0 Å². The largest absolute Gasteiger partial charge is 0.494 e. The molecule has 0 atom stereocenters. The maximum atomic E-state index is 11.2. The third-order valence-electron chi connectivity index (χ3n) is 4.43. The van der Waals surface area contributed by atoms with E-state index in [9.17, 15) is 4.79 Å². The number of carbonyl (C=O) groups excluding carboxylic acids is 1. The number of carbonyl (C=O) groups is 1. The van der Waals surface area contributed by atoms with Crippen molar-refractivity contribution in [2.45, 2.75) is 39.2 Å². The van der Waals surface area contributed by atoms with E-state index in [0.29, 0.717) is 24.7 Å². The lowest BCUT2D eigenvalue weighted by molar-refractivity contribution is 0.0933. The highest BCUT2D eigenvalue weighted by molar-refractivity contribution is 5.91. The summed E-state index contributed by atoms with van der Waals surface area (Å²) in [6.45, 7) is 3.34. The van der Waals surface area contributed by atoms with Crippen LogP contribution in [0.5, 0.6) is 5.75 Å². The van der Waals surface area contributed by atoms with Gasteiger partial charge in [0.2, 0.25) is 0 Å². The van der Waals surface area contributed by atoms with Crippen LogP contribution in [0, 0.1) is 0 Å². The first-order chi connectivity index (χ1) is 13.2. The summed E-state index contributed by atoms with van der Waals surface area (Å²) in [5.74, 6) is 1.96. The molecule has 4 nitrogen and oxygen atoms in total. The molecular formula is C23H26O4. The minimum absolute atomic E-state index is 0.0628. The molecule has 1 aromatic heterocycles. The van der Waals surface area contributed by atoms with Gasteiger partial charge in [0.1, 0.15) is 18.1 Å². The van der Waals surface area contributed by atoms with Gasteiger partial charge in [-0.1, -0.05) is 36.8 Å². The first-order valence-corrected chi connectivity index (χ1v) is 9.51. The number of ketones is 1. The van der Waals surface area contributed by atoms with E-state index >= 15 is 0 Å². The van der Waals surface area contributed by atoms with Crippen LogP contribution in [0.25, 0.3) is 10.8 Å². The van der Waals surface area contributed by atoms with Crippen molar-refractivity contribution in [3.8, 4) is 5.75 Å². The van der Waals surface area contributed by atoms with E-state index in [-0.39, 0.29) is 5.78 Å². The molecule has 4 heteroatoms. The van der Waals surface area contributed by atoms with Crippen LogP contribution in [0.15, 0.2) is 59.0 Å². The molecule has 27 heavy (non-hydrogen) atoms. The molecular weight excluding hydrogens is 340 g/mol. The topological polar surface area (TPSA) is 48.7 Å². The molecule has 0 N–H and O–H groups in total. The molecule has 3 rings (SSSR count). The Hall–Kier alpha value is -2.59. The quantitative estimate of drug-likeness (QED) is 0.318. The molecule has 0 radical (unpaired) electrons. The average Bonchev–Trinajstić information content (AvgIpc) is 3.16. The number of fused-ring (bicyclic) bond motifs is 1. The van der Waals surface area contributed by atoms with Crippen molar-refractivity contribution in [2.75, 3.05) is 13.2 Å². The van der Waals surface area contributed by atoms with Crippen LogP contribution in [0.1, 0.15) is 48.9 Å². The van der Waals surface area contributed by atoms with E-state index in [1.54, 1.807) is 12.1 Å². The Labute approximate surface area is 160 Å². The Morgan fingerprint density at radius 2 is 1.67 bits per heavy atom. The molecule has 0 saturated carbocycles. The summed E-state index contributed by atoms with van der Waals surface area (Å²) in [4.78, 5) is 11.2. The lowest BCUT2D eigenvalue weighted by atomic mass is 10.1. The van der Waals surface area contributed by atoms with Gasteiger partial charge >= 0.3 is 0 Å². The van der Waals surface area contributed by atoms with Gasteiger partial charge in [-0.2, -0.15) is 0 Å². The number of hydrogen-bond acceptors (Lipinski definition) is 4. The zero-order valence-corrected chi connectivity index (χ0v) is 15.8. The monoisotopic (exact) mass is 366 g/mol. The molecule has 0 saturated heterocycles. The maximum absolute atomic E-state index is 11.2. The highest BCUT2D eigenvalue weighted by atomic mass is 16.5. The van der Waals surface area contributed by atoms with E-state index in [1.807, 2.05) is 18.2 Å². The van der Waals surface area contributed by atoms with Gasteiger partial charge in [-0.15, -0.1) is 0 Å². The second-order valence-corrected chi connectivity index (χ2v) is 6.65. The Bertz CT molecular complexity index is 865. The predicted octanol–water partition coefficient (Wildman–Crippen LogP) is 5.79. The van der Waals surface area contributed by atoms with Crippen molar-refractivity contribution in [2.24, 2.45) is 0 Å². The molecule has 0 unspecified atom stereocenters. The summed E-state index contributed by atoms with van der Waals surface area (Å²) in [6.07, 6.45) is 4.27. The zero-order chi connectivity index (χ0) is 18.9. The van der Waals surface area contributed by atoms with E-state index in [0.717, 1.165) is 38.0 Å². The lowest BCUT2D eigenvalue weighted by Crippen LogP contribution is -1.98. The van der Waals surface area contributed by atoms with Gasteiger partial charge in [0.15, 0.2) is 11.5 Å². The van der Waals surface area contributed by atoms with Crippen LogP contribution in [-0.2, 0) is 11.3 Å². The van der Waals surface area contributed by atoms with E-state index < -0.39 is 0 Å². The molecule has 0 fully saturated rings. The number of hydrogen-bond donors (Lipinski definition) is 0. The van der Waals surface area contributed by atoms with Gasteiger partial charge in [-0.05, 0) is 54.3 Å². The number of benzene rings is 2. The Balaban J connectivity index is 1.23. The molecule has 3 aromatic rings. The first kappa shape index (κ1) is 19.2. The van der Waals surface area contributed by atoms with E-state index in [4.69, 9.17) is 13.9 Å². The highest BCUT2D eigenvalue weighted by Crippen LogP contribution is 2.20. The first-order valence-electron chi connectivity index (χ1n) is 9.51. The number of furan rings is 1. The summed E-state index contributed by atoms with van der Waals surface area (Å²) in [7, 11) is 0. The van der Waals surface area contributed by atoms with E-state index in [1.165, 1.54) is 17.7 Å². The minimum Gasteiger partial charge on any atom is -0.494 e. The molecule has 1 heterocycles. The predicted molar refractivity (Wildman–Crippen MR) is 106 cm³/mol. The molecule has 0 aliphatic rings. The molecule has 0 aliphatic carbocycles. The van der Waals surface area contributed by atoms with Gasteiger partial charge in [0, 0.05) is 13.5 Å². The number of Topliss-reactive ketones (excluding diaryl/α,β-unsaturated/α-hetero) is 1. The van der Waals surface area contributed by atoms with Crippen molar-refractivity contribution >= 4 is 16.6 Å².